The van der Waals surface area contributed by atoms with Gasteiger partial charge in [0, 0.05) is 0 Å². The minimum absolute atomic E-state index is 0.146. The number of nitrogens with zero attached hydrogens (tertiary/aromatic N) is 1. The van der Waals surface area contributed by atoms with E-state index in [9.17, 15) is 4.79 Å². The minimum atomic E-state index is -0.146. The van der Waals surface area contributed by atoms with Gasteiger partial charge in [-0.1, -0.05) is 30.0 Å². The maximum absolute atomic E-state index is 12.9. The lowest BCUT2D eigenvalue weighted by Gasteiger charge is -2.15. The fourth-order valence-electron chi connectivity index (χ4n) is 2.75. The van der Waals surface area contributed by atoms with Crippen molar-refractivity contribution in [3.8, 4) is 17.2 Å². The van der Waals surface area contributed by atoms with Crippen molar-refractivity contribution in [3.05, 3.63) is 52.9 Å². The van der Waals surface area contributed by atoms with E-state index in [2.05, 4.69) is 0 Å². The van der Waals surface area contributed by atoms with Crippen molar-refractivity contribution in [3.63, 3.8) is 0 Å². The highest BCUT2D eigenvalue weighted by Gasteiger charge is 2.33. The number of carbonyl (C=O) groups excluding carboxylic acids is 1. The maximum Gasteiger partial charge on any atom is 0.270 e. The van der Waals surface area contributed by atoms with Crippen LogP contribution in [-0.4, -0.2) is 30.6 Å². The molecule has 1 amide bonds. The zero-order valence-corrected chi connectivity index (χ0v) is 17.6. The van der Waals surface area contributed by atoms with Crippen LogP contribution in [0.5, 0.6) is 17.2 Å². The number of rotatable bonds is 7. The van der Waals surface area contributed by atoms with Gasteiger partial charge in [-0.25, -0.2) is 0 Å². The average Bonchev–Trinajstić information content (AvgIpc) is 2.97. The third-order valence-corrected chi connectivity index (χ3v) is 5.29. The van der Waals surface area contributed by atoms with E-state index in [1.807, 2.05) is 62.4 Å². The van der Waals surface area contributed by atoms with Crippen LogP contribution in [-0.2, 0) is 4.79 Å². The molecule has 1 heterocycles. The summed E-state index contributed by atoms with van der Waals surface area (Å²) in [6.07, 6.45) is 1.81. The maximum atomic E-state index is 12.9. The van der Waals surface area contributed by atoms with Crippen molar-refractivity contribution < 1.29 is 19.0 Å². The summed E-state index contributed by atoms with van der Waals surface area (Å²) in [7, 11) is 1.59. The zero-order valence-electron chi connectivity index (χ0n) is 15.9. The summed E-state index contributed by atoms with van der Waals surface area (Å²) in [6, 6.07) is 12.9. The van der Waals surface area contributed by atoms with Gasteiger partial charge in [-0.3, -0.25) is 9.69 Å². The number of thioether (sulfide) groups is 1. The lowest BCUT2D eigenvalue weighted by Crippen LogP contribution is -2.27. The predicted octanol–water partition coefficient (Wildman–Crippen LogP) is 4.90. The van der Waals surface area contributed by atoms with Gasteiger partial charge in [0.25, 0.3) is 5.91 Å². The second-order valence-electron chi connectivity index (χ2n) is 5.79. The van der Waals surface area contributed by atoms with Crippen LogP contribution in [0.2, 0.25) is 0 Å². The van der Waals surface area contributed by atoms with Crippen LogP contribution < -0.4 is 19.1 Å². The third kappa shape index (κ3) is 4.31. The van der Waals surface area contributed by atoms with Gasteiger partial charge in [0.2, 0.25) is 0 Å². The average molecular weight is 416 g/mol. The Labute approximate surface area is 174 Å². The van der Waals surface area contributed by atoms with Crippen molar-refractivity contribution in [2.75, 3.05) is 25.2 Å². The van der Waals surface area contributed by atoms with E-state index >= 15 is 0 Å². The van der Waals surface area contributed by atoms with Gasteiger partial charge >= 0.3 is 0 Å². The Morgan fingerprint density at radius 1 is 1.04 bits per heavy atom. The lowest BCUT2D eigenvalue weighted by molar-refractivity contribution is -0.113. The first kappa shape index (κ1) is 20.2. The normalized spacial score (nSPS) is 15.2. The minimum Gasteiger partial charge on any atom is -0.494 e. The smallest absolute Gasteiger partial charge is 0.270 e. The largest absolute Gasteiger partial charge is 0.494 e. The summed E-state index contributed by atoms with van der Waals surface area (Å²) < 4.78 is 16.9. The standard InChI is InChI=1S/C21H21NO4S2/c1-4-25-16-9-7-15(8-10-16)22-20(23)19(28-21(22)27)13-14-6-11-17(26-5-2)18(12-14)24-3/h6-13H,4-5H2,1-3H3. The van der Waals surface area contributed by atoms with Gasteiger partial charge in [0.1, 0.15) is 5.75 Å². The second kappa shape index (κ2) is 9.12. The molecular formula is C21H21NO4S2. The molecule has 0 atom stereocenters. The van der Waals surface area contributed by atoms with Crippen molar-refractivity contribution >= 4 is 46.0 Å². The lowest BCUT2D eigenvalue weighted by atomic mass is 10.2. The summed E-state index contributed by atoms with van der Waals surface area (Å²) in [5.74, 6) is 1.91. The number of ether oxygens (including phenoxy) is 3. The van der Waals surface area contributed by atoms with E-state index in [0.29, 0.717) is 33.9 Å². The molecule has 0 saturated carbocycles. The SMILES string of the molecule is CCOc1ccc(N2C(=O)C(=Cc3ccc(OCC)c(OC)c3)SC2=S)cc1. The number of methoxy groups -OCH3 is 1. The molecule has 2 aromatic carbocycles. The first-order valence-corrected chi connectivity index (χ1v) is 10.1. The number of hydrogen-bond donors (Lipinski definition) is 0. The van der Waals surface area contributed by atoms with Crippen LogP contribution in [0.4, 0.5) is 5.69 Å². The first-order valence-electron chi connectivity index (χ1n) is 8.89. The topological polar surface area (TPSA) is 48.0 Å². The van der Waals surface area contributed by atoms with Crippen molar-refractivity contribution in [2.45, 2.75) is 13.8 Å². The number of benzene rings is 2. The molecule has 1 aliphatic heterocycles. The van der Waals surface area contributed by atoms with Gasteiger partial charge in [-0.05, 0) is 61.9 Å². The quantitative estimate of drug-likeness (QED) is 0.474. The molecule has 5 nitrogen and oxygen atoms in total. The Morgan fingerprint density at radius 3 is 2.39 bits per heavy atom. The molecule has 0 aromatic heterocycles. The predicted molar refractivity (Wildman–Crippen MR) is 117 cm³/mol. The van der Waals surface area contributed by atoms with E-state index < -0.39 is 0 Å². The summed E-state index contributed by atoms with van der Waals surface area (Å²) in [5, 5.41) is 0. The molecule has 1 aliphatic rings. The molecule has 146 valence electrons. The van der Waals surface area contributed by atoms with Gasteiger partial charge < -0.3 is 14.2 Å². The Kier molecular flexibility index (Phi) is 6.59. The third-order valence-electron chi connectivity index (χ3n) is 3.98. The van der Waals surface area contributed by atoms with Crippen LogP contribution in [0.1, 0.15) is 19.4 Å². The van der Waals surface area contributed by atoms with Gasteiger partial charge in [0.15, 0.2) is 15.8 Å². The molecule has 28 heavy (non-hydrogen) atoms. The first-order chi connectivity index (χ1) is 13.6. The highest BCUT2D eigenvalue weighted by molar-refractivity contribution is 8.27. The molecule has 1 fully saturated rings. The van der Waals surface area contributed by atoms with E-state index in [0.717, 1.165) is 17.0 Å². The summed E-state index contributed by atoms with van der Waals surface area (Å²) >= 11 is 6.71. The second-order valence-corrected chi connectivity index (χ2v) is 7.46. The van der Waals surface area contributed by atoms with E-state index in [1.165, 1.54) is 16.7 Å². The molecular weight excluding hydrogens is 394 g/mol. The summed E-state index contributed by atoms with van der Waals surface area (Å²) in [6.45, 7) is 4.99. The summed E-state index contributed by atoms with van der Waals surface area (Å²) in [4.78, 5) is 15.0. The highest BCUT2D eigenvalue weighted by atomic mass is 32.2. The number of carbonyl (C=O) groups is 1. The highest BCUT2D eigenvalue weighted by Crippen LogP contribution is 2.37. The van der Waals surface area contributed by atoms with Gasteiger partial charge in [-0.2, -0.15) is 0 Å². The summed E-state index contributed by atoms with van der Waals surface area (Å²) in [5.41, 5.74) is 1.56. The molecule has 2 aromatic rings. The molecule has 1 saturated heterocycles. The molecule has 0 N–H and O–H groups in total. The Balaban J connectivity index is 1.84. The molecule has 0 bridgehead atoms. The Bertz CT molecular complexity index is 909. The fraction of sp³-hybridized carbons (Fsp3) is 0.238. The Hall–Kier alpha value is -2.51. The van der Waals surface area contributed by atoms with E-state index in [-0.39, 0.29) is 5.91 Å². The Morgan fingerprint density at radius 2 is 1.75 bits per heavy atom. The van der Waals surface area contributed by atoms with Crippen LogP contribution in [0.15, 0.2) is 47.4 Å². The van der Waals surface area contributed by atoms with Crippen LogP contribution in [0.25, 0.3) is 6.08 Å². The number of amides is 1. The van der Waals surface area contributed by atoms with Crippen molar-refractivity contribution in [1.29, 1.82) is 0 Å². The zero-order chi connectivity index (χ0) is 20.1. The monoisotopic (exact) mass is 415 g/mol. The van der Waals surface area contributed by atoms with Gasteiger partial charge in [-0.15, -0.1) is 0 Å². The van der Waals surface area contributed by atoms with Crippen LogP contribution >= 0.6 is 24.0 Å². The number of hydrogen-bond acceptors (Lipinski definition) is 6. The number of anilines is 1. The van der Waals surface area contributed by atoms with Gasteiger partial charge in [0.05, 0.1) is 30.9 Å². The van der Waals surface area contributed by atoms with Crippen LogP contribution in [0.3, 0.4) is 0 Å². The molecule has 0 unspecified atom stereocenters. The van der Waals surface area contributed by atoms with E-state index in [1.54, 1.807) is 7.11 Å². The molecule has 0 radical (unpaired) electrons. The van der Waals surface area contributed by atoms with Crippen LogP contribution in [0, 0.1) is 0 Å². The van der Waals surface area contributed by atoms with Crippen molar-refractivity contribution in [2.24, 2.45) is 0 Å². The molecule has 0 spiro atoms. The fourth-order valence-corrected chi connectivity index (χ4v) is 4.05. The molecule has 0 aliphatic carbocycles. The van der Waals surface area contributed by atoms with Crippen molar-refractivity contribution in [1.82, 2.24) is 0 Å². The number of thiocarbonyl (C=S) groups is 1. The molecule has 3 rings (SSSR count). The van der Waals surface area contributed by atoms with E-state index in [4.69, 9.17) is 26.4 Å². The molecule has 7 heteroatoms.